The minimum atomic E-state index is -0.472. The lowest BCUT2D eigenvalue weighted by molar-refractivity contribution is -0.131. The fourth-order valence-electron chi connectivity index (χ4n) is 1.82. The summed E-state index contributed by atoms with van der Waals surface area (Å²) in [7, 11) is 0. The molecule has 0 unspecified atom stereocenters. The van der Waals surface area contributed by atoms with Gasteiger partial charge in [-0.2, -0.15) is 0 Å². The molecular formula is C13H24N2O3. The Kier molecular flexibility index (Phi) is 5.14. The van der Waals surface area contributed by atoms with Crippen LogP contribution in [-0.2, 0) is 14.3 Å². The number of carbonyl (C=O) groups is 2. The zero-order chi connectivity index (χ0) is 13.8. The van der Waals surface area contributed by atoms with Crippen LogP contribution in [0, 0.1) is 5.41 Å². The van der Waals surface area contributed by atoms with E-state index in [0.29, 0.717) is 0 Å². The number of carbonyl (C=O) groups excluding carboxylic acids is 2. The maximum absolute atomic E-state index is 11.7. The van der Waals surface area contributed by atoms with Crippen LogP contribution in [0.1, 0.15) is 40.5 Å². The molecular weight excluding hydrogens is 232 g/mol. The molecule has 1 rings (SSSR count). The van der Waals surface area contributed by atoms with Crippen LogP contribution in [0.15, 0.2) is 0 Å². The Labute approximate surface area is 109 Å². The van der Waals surface area contributed by atoms with Crippen molar-refractivity contribution < 1.29 is 14.3 Å². The van der Waals surface area contributed by atoms with Gasteiger partial charge >= 0.3 is 0 Å². The molecule has 18 heavy (non-hydrogen) atoms. The van der Waals surface area contributed by atoms with Crippen LogP contribution in [0.25, 0.3) is 0 Å². The van der Waals surface area contributed by atoms with E-state index in [1.807, 2.05) is 27.7 Å². The number of rotatable bonds is 4. The number of ether oxygens (including phenoxy) is 1. The maximum Gasteiger partial charge on any atom is 0.239 e. The van der Waals surface area contributed by atoms with E-state index in [2.05, 4.69) is 10.6 Å². The summed E-state index contributed by atoms with van der Waals surface area (Å²) in [5, 5.41) is 5.48. The van der Waals surface area contributed by atoms with Crippen molar-refractivity contribution in [1.29, 1.82) is 0 Å². The molecule has 0 bridgehead atoms. The average molecular weight is 256 g/mol. The van der Waals surface area contributed by atoms with E-state index >= 15 is 0 Å². The van der Waals surface area contributed by atoms with Crippen LogP contribution in [0.4, 0.5) is 0 Å². The van der Waals surface area contributed by atoms with Gasteiger partial charge in [0.2, 0.25) is 11.8 Å². The van der Waals surface area contributed by atoms with E-state index < -0.39 is 5.41 Å². The summed E-state index contributed by atoms with van der Waals surface area (Å²) < 4.78 is 5.49. The van der Waals surface area contributed by atoms with Gasteiger partial charge in [0.25, 0.3) is 0 Å². The van der Waals surface area contributed by atoms with Crippen molar-refractivity contribution in [2.24, 2.45) is 5.41 Å². The predicted molar refractivity (Wildman–Crippen MR) is 69.0 cm³/mol. The van der Waals surface area contributed by atoms with Gasteiger partial charge in [0.1, 0.15) is 0 Å². The molecule has 1 aliphatic rings. The fraction of sp³-hybridized carbons (Fsp3) is 0.846. The van der Waals surface area contributed by atoms with E-state index in [9.17, 15) is 9.59 Å². The Morgan fingerprint density at radius 3 is 2.56 bits per heavy atom. The first kappa shape index (κ1) is 15.0. The molecule has 1 fully saturated rings. The molecule has 0 radical (unpaired) electrons. The minimum Gasteiger partial charge on any atom is -0.376 e. The van der Waals surface area contributed by atoms with Crippen LogP contribution in [0.5, 0.6) is 0 Å². The molecule has 0 aromatic rings. The number of nitrogens with one attached hydrogen (secondary N) is 2. The van der Waals surface area contributed by atoms with E-state index in [0.717, 1.165) is 19.4 Å². The Balaban J connectivity index is 2.27. The number of hydrogen-bond acceptors (Lipinski definition) is 3. The molecule has 2 N–H and O–H groups in total. The van der Waals surface area contributed by atoms with Crippen molar-refractivity contribution in [3.05, 3.63) is 0 Å². The third-order valence-corrected chi connectivity index (χ3v) is 3.00. The van der Waals surface area contributed by atoms with Crippen molar-refractivity contribution >= 4 is 11.8 Å². The minimum absolute atomic E-state index is 0.00783. The van der Waals surface area contributed by atoms with Crippen LogP contribution < -0.4 is 10.6 Å². The van der Waals surface area contributed by atoms with Gasteiger partial charge in [-0.05, 0) is 19.8 Å². The molecule has 0 aromatic heterocycles. The quantitative estimate of drug-likeness (QED) is 0.783. The van der Waals surface area contributed by atoms with Crippen molar-refractivity contribution in [3.8, 4) is 0 Å². The summed E-state index contributed by atoms with van der Waals surface area (Å²) in [5.74, 6) is -0.294. The van der Waals surface area contributed by atoms with Crippen molar-refractivity contribution in [1.82, 2.24) is 10.6 Å². The smallest absolute Gasteiger partial charge is 0.239 e. The lowest BCUT2D eigenvalue weighted by Gasteiger charge is -2.21. The molecule has 5 heteroatoms. The highest BCUT2D eigenvalue weighted by Gasteiger charge is 2.25. The summed E-state index contributed by atoms with van der Waals surface area (Å²) in [6.45, 7) is 8.16. The third kappa shape index (κ3) is 4.64. The molecule has 0 spiro atoms. The molecule has 1 heterocycles. The second-order valence-corrected chi connectivity index (χ2v) is 5.84. The lowest BCUT2D eigenvalue weighted by Crippen LogP contribution is -2.47. The maximum atomic E-state index is 11.7. The molecule has 0 saturated carbocycles. The van der Waals surface area contributed by atoms with Gasteiger partial charge in [-0.3, -0.25) is 9.59 Å². The second-order valence-electron chi connectivity index (χ2n) is 5.84. The Bertz CT molecular complexity index is 304. The summed E-state index contributed by atoms with van der Waals surface area (Å²) in [6, 6.07) is -0.00783. The van der Waals surface area contributed by atoms with E-state index in [-0.39, 0.29) is 30.5 Å². The monoisotopic (exact) mass is 256 g/mol. The summed E-state index contributed by atoms with van der Waals surface area (Å²) >= 11 is 0. The highest BCUT2D eigenvalue weighted by Crippen LogP contribution is 2.15. The van der Waals surface area contributed by atoms with Gasteiger partial charge in [-0.25, -0.2) is 0 Å². The largest absolute Gasteiger partial charge is 0.376 e. The molecule has 1 aliphatic heterocycles. The summed E-state index contributed by atoms with van der Waals surface area (Å²) in [4.78, 5) is 23.3. The normalized spacial score (nSPS) is 21.4. The SMILES string of the molecule is C[C@H](NC(=O)CNC(=O)C(C)(C)C)[C@H]1CCCO1. The van der Waals surface area contributed by atoms with Gasteiger partial charge in [-0.15, -0.1) is 0 Å². The van der Waals surface area contributed by atoms with Gasteiger partial charge in [-0.1, -0.05) is 20.8 Å². The van der Waals surface area contributed by atoms with Crippen LogP contribution in [-0.4, -0.2) is 37.1 Å². The molecule has 2 amide bonds. The van der Waals surface area contributed by atoms with Crippen LogP contribution in [0.3, 0.4) is 0 Å². The van der Waals surface area contributed by atoms with Crippen molar-refractivity contribution in [2.75, 3.05) is 13.2 Å². The van der Waals surface area contributed by atoms with Gasteiger partial charge < -0.3 is 15.4 Å². The second kappa shape index (κ2) is 6.18. The first-order valence-corrected chi connectivity index (χ1v) is 6.50. The molecule has 0 aromatic carbocycles. The first-order valence-electron chi connectivity index (χ1n) is 6.50. The summed E-state index contributed by atoms with van der Waals surface area (Å²) in [6.07, 6.45) is 2.13. The van der Waals surface area contributed by atoms with E-state index in [1.165, 1.54) is 0 Å². The lowest BCUT2D eigenvalue weighted by atomic mass is 9.96. The van der Waals surface area contributed by atoms with Crippen LogP contribution in [0.2, 0.25) is 0 Å². The Morgan fingerprint density at radius 2 is 2.06 bits per heavy atom. The van der Waals surface area contributed by atoms with Gasteiger partial charge in [0.05, 0.1) is 18.7 Å². The highest BCUT2D eigenvalue weighted by molar-refractivity contribution is 5.87. The molecule has 2 atom stereocenters. The first-order chi connectivity index (χ1) is 8.30. The van der Waals surface area contributed by atoms with Crippen LogP contribution >= 0.6 is 0 Å². The fourth-order valence-corrected chi connectivity index (χ4v) is 1.82. The Hall–Kier alpha value is -1.10. The standard InChI is InChI=1S/C13H24N2O3/c1-9(10-6-5-7-18-10)15-11(16)8-14-12(17)13(2,3)4/h9-10H,5-8H2,1-4H3,(H,14,17)(H,15,16)/t9-,10+/m0/s1. The molecule has 5 nitrogen and oxygen atoms in total. The molecule has 1 saturated heterocycles. The van der Waals surface area contributed by atoms with Gasteiger partial charge in [0.15, 0.2) is 0 Å². The highest BCUT2D eigenvalue weighted by atomic mass is 16.5. The number of hydrogen-bond donors (Lipinski definition) is 2. The molecule has 104 valence electrons. The van der Waals surface area contributed by atoms with Gasteiger partial charge in [0, 0.05) is 12.0 Å². The Morgan fingerprint density at radius 1 is 1.39 bits per heavy atom. The average Bonchev–Trinajstić information content (AvgIpc) is 2.77. The molecule has 0 aliphatic carbocycles. The topological polar surface area (TPSA) is 67.4 Å². The van der Waals surface area contributed by atoms with E-state index in [1.54, 1.807) is 0 Å². The predicted octanol–water partition coefficient (Wildman–Crippen LogP) is 0.832. The zero-order valence-electron chi connectivity index (χ0n) is 11.7. The number of amides is 2. The zero-order valence-corrected chi connectivity index (χ0v) is 11.7. The van der Waals surface area contributed by atoms with Crippen molar-refractivity contribution in [2.45, 2.75) is 52.7 Å². The third-order valence-electron chi connectivity index (χ3n) is 3.00. The summed E-state index contributed by atoms with van der Waals surface area (Å²) in [5.41, 5.74) is -0.472. The van der Waals surface area contributed by atoms with Crippen molar-refractivity contribution in [3.63, 3.8) is 0 Å². The van der Waals surface area contributed by atoms with E-state index in [4.69, 9.17) is 4.74 Å².